The number of nitrogens with zero attached hydrogens (tertiary/aromatic N) is 2. The molecule has 1 aromatic heterocycles. The van der Waals surface area contributed by atoms with Crippen molar-refractivity contribution in [3.05, 3.63) is 11.7 Å². The highest BCUT2D eigenvalue weighted by molar-refractivity contribution is 7.99. The highest BCUT2D eigenvalue weighted by atomic mass is 32.2. The third kappa shape index (κ3) is 2.89. The van der Waals surface area contributed by atoms with Crippen molar-refractivity contribution >= 4 is 11.8 Å². The molecule has 5 heteroatoms. The van der Waals surface area contributed by atoms with Crippen molar-refractivity contribution in [3.8, 4) is 0 Å². The van der Waals surface area contributed by atoms with Crippen LogP contribution in [0.4, 0.5) is 0 Å². The van der Waals surface area contributed by atoms with Crippen LogP contribution >= 0.6 is 11.8 Å². The Morgan fingerprint density at radius 2 is 2.10 bits per heavy atom. The lowest BCUT2D eigenvalue weighted by atomic mass is 9.76. The quantitative estimate of drug-likeness (QED) is 0.919. The average molecular weight is 295 g/mol. The van der Waals surface area contributed by atoms with Gasteiger partial charge in [-0.25, -0.2) is 0 Å². The first-order chi connectivity index (χ1) is 9.71. The minimum absolute atomic E-state index is 0.354. The fourth-order valence-electron chi connectivity index (χ4n) is 3.33. The van der Waals surface area contributed by atoms with Crippen LogP contribution in [0.5, 0.6) is 0 Å². The smallest absolute Gasteiger partial charge is 0.239 e. The topological polar surface area (TPSA) is 64.9 Å². The molecule has 20 heavy (non-hydrogen) atoms. The van der Waals surface area contributed by atoms with E-state index in [1.165, 1.54) is 37.9 Å². The Hall–Kier alpha value is -0.550. The van der Waals surface area contributed by atoms with E-state index >= 15 is 0 Å². The molecule has 0 amide bonds. The normalized spacial score (nSPS) is 35.1. The summed E-state index contributed by atoms with van der Waals surface area (Å²) in [5.74, 6) is 3.57. The van der Waals surface area contributed by atoms with Gasteiger partial charge in [-0.05, 0) is 50.2 Å². The first-order valence-corrected chi connectivity index (χ1v) is 9.01. The summed E-state index contributed by atoms with van der Waals surface area (Å²) < 4.78 is 5.51. The van der Waals surface area contributed by atoms with E-state index in [1.807, 2.05) is 11.8 Å². The molecule has 3 rings (SSSR count). The van der Waals surface area contributed by atoms with E-state index in [2.05, 4.69) is 17.1 Å². The lowest BCUT2D eigenvalue weighted by Crippen LogP contribution is -2.41. The van der Waals surface area contributed by atoms with E-state index in [0.717, 1.165) is 36.9 Å². The predicted octanol–water partition coefficient (Wildman–Crippen LogP) is 3.78. The van der Waals surface area contributed by atoms with Gasteiger partial charge in [0.25, 0.3) is 0 Å². The maximum absolute atomic E-state index is 6.55. The van der Waals surface area contributed by atoms with Crippen molar-refractivity contribution in [1.29, 1.82) is 0 Å². The van der Waals surface area contributed by atoms with E-state index in [0.29, 0.717) is 5.25 Å². The third-order valence-corrected chi connectivity index (χ3v) is 6.28. The summed E-state index contributed by atoms with van der Waals surface area (Å²) in [6.07, 6.45) is 9.34. The summed E-state index contributed by atoms with van der Waals surface area (Å²) >= 11 is 1.94. The highest BCUT2D eigenvalue weighted by Gasteiger charge is 2.37. The van der Waals surface area contributed by atoms with Crippen LogP contribution in [0.1, 0.15) is 75.3 Å². The summed E-state index contributed by atoms with van der Waals surface area (Å²) in [5.41, 5.74) is 6.19. The Morgan fingerprint density at radius 1 is 1.30 bits per heavy atom. The molecule has 1 unspecified atom stereocenters. The van der Waals surface area contributed by atoms with Crippen molar-refractivity contribution in [3.63, 3.8) is 0 Å². The number of nitrogens with two attached hydrogens (primary N) is 1. The summed E-state index contributed by atoms with van der Waals surface area (Å²) in [7, 11) is 0. The SMILES string of the molecule is CCC1CCC(N)(c2noc(C3CCCCS3)n2)CC1. The van der Waals surface area contributed by atoms with Crippen molar-refractivity contribution in [2.75, 3.05) is 5.75 Å². The van der Waals surface area contributed by atoms with Gasteiger partial charge in [-0.3, -0.25) is 0 Å². The molecule has 2 fully saturated rings. The Balaban J connectivity index is 1.69. The molecule has 1 saturated heterocycles. The predicted molar refractivity (Wildman–Crippen MR) is 81.5 cm³/mol. The maximum atomic E-state index is 6.55. The van der Waals surface area contributed by atoms with Gasteiger partial charge in [0.05, 0.1) is 10.8 Å². The number of hydrogen-bond donors (Lipinski definition) is 1. The zero-order valence-electron chi connectivity index (χ0n) is 12.3. The Kier molecular flexibility index (Phi) is 4.36. The molecule has 2 aliphatic rings. The molecule has 1 aromatic rings. The highest BCUT2D eigenvalue weighted by Crippen LogP contribution is 2.40. The number of thioether (sulfide) groups is 1. The molecule has 4 nitrogen and oxygen atoms in total. The molecule has 1 aliphatic carbocycles. The van der Waals surface area contributed by atoms with Crippen LogP contribution in [0.15, 0.2) is 4.52 Å². The minimum Gasteiger partial charge on any atom is -0.338 e. The second kappa shape index (κ2) is 6.06. The van der Waals surface area contributed by atoms with Crippen molar-refractivity contribution < 1.29 is 4.52 Å². The Labute approximate surface area is 125 Å². The summed E-state index contributed by atoms with van der Waals surface area (Å²) in [5, 5.41) is 4.60. The van der Waals surface area contributed by atoms with Gasteiger partial charge in [0.1, 0.15) is 0 Å². The average Bonchev–Trinajstić information content (AvgIpc) is 3.00. The second-order valence-electron chi connectivity index (χ2n) is 6.32. The zero-order chi connectivity index (χ0) is 14.0. The summed E-state index contributed by atoms with van der Waals surface area (Å²) in [6, 6.07) is 0. The van der Waals surface area contributed by atoms with Gasteiger partial charge in [-0.2, -0.15) is 4.98 Å². The molecule has 1 aliphatic heterocycles. The van der Waals surface area contributed by atoms with E-state index in [-0.39, 0.29) is 5.54 Å². The summed E-state index contributed by atoms with van der Waals surface area (Å²) in [4.78, 5) is 4.66. The van der Waals surface area contributed by atoms with Crippen LogP contribution in [-0.2, 0) is 5.54 Å². The first kappa shape index (κ1) is 14.4. The maximum Gasteiger partial charge on any atom is 0.239 e. The number of aromatic nitrogens is 2. The molecular weight excluding hydrogens is 270 g/mol. The van der Waals surface area contributed by atoms with Crippen LogP contribution in [-0.4, -0.2) is 15.9 Å². The van der Waals surface area contributed by atoms with Gasteiger partial charge in [-0.1, -0.05) is 24.9 Å². The lowest BCUT2D eigenvalue weighted by molar-refractivity contribution is 0.216. The van der Waals surface area contributed by atoms with Crippen LogP contribution in [0.2, 0.25) is 0 Å². The van der Waals surface area contributed by atoms with Crippen LogP contribution < -0.4 is 5.73 Å². The lowest BCUT2D eigenvalue weighted by Gasteiger charge is -2.34. The van der Waals surface area contributed by atoms with E-state index in [4.69, 9.17) is 10.3 Å². The van der Waals surface area contributed by atoms with Gasteiger partial charge in [0, 0.05) is 0 Å². The van der Waals surface area contributed by atoms with E-state index in [1.54, 1.807) is 0 Å². The van der Waals surface area contributed by atoms with Gasteiger partial charge in [0.15, 0.2) is 5.82 Å². The van der Waals surface area contributed by atoms with Crippen molar-refractivity contribution in [2.24, 2.45) is 11.7 Å². The molecule has 0 spiro atoms. The first-order valence-electron chi connectivity index (χ1n) is 7.96. The van der Waals surface area contributed by atoms with Gasteiger partial charge >= 0.3 is 0 Å². The molecule has 0 radical (unpaired) electrons. The van der Waals surface area contributed by atoms with Gasteiger partial charge in [-0.15, -0.1) is 11.8 Å². The van der Waals surface area contributed by atoms with Crippen molar-refractivity contribution in [1.82, 2.24) is 10.1 Å². The fourth-order valence-corrected chi connectivity index (χ4v) is 4.56. The van der Waals surface area contributed by atoms with Gasteiger partial charge < -0.3 is 10.3 Å². The Bertz CT molecular complexity index is 434. The Morgan fingerprint density at radius 3 is 2.75 bits per heavy atom. The minimum atomic E-state index is -0.354. The fraction of sp³-hybridized carbons (Fsp3) is 0.867. The standard InChI is InChI=1S/C15H25N3OS/c1-2-11-6-8-15(16,9-7-11)14-17-13(19-18-14)12-5-3-4-10-20-12/h11-12H,2-10,16H2,1H3. The molecule has 1 saturated carbocycles. The van der Waals surface area contributed by atoms with E-state index in [9.17, 15) is 0 Å². The van der Waals surface area contributed by atoms with E-state index < -0.39 is 0 Å². The second-order valence-corrected chi connectivity index (χ2v) is 7.63. The van der Waals surface area contributed by atoms with Crippen LogP contribution in [0.25, 0.3) is 0 Å². The molecule has 1 atom stereocenters. The van der Waals surface area contributed by atoms with Crippen LogP contribution in [0, 0.1) is 5.92 Å². The molecule has 2 N–H and O–H groups in total. The number of hydrogen-bond acceptors (Lipinski definition) is 5. The van der Waals surface area contributed by atoms with Crippen LogP contribution in [0.3, 0.4) is 0 Å². The molecule has 112 valence electrons. The number of rotatable bonds is 3. The van der Waals surface area contributed by atoms with Gasteiger partial charge in [0.2, 0.25) is 5.89 Å². The monoisotopic (exact) mass is 295 g/mol. The molecular formula is C15H25N3OS. The molecule has 2 heterocycles. The third-order valence-electron chi connectivity index (χ3n) is 4.92. The molecule has 0 aromatic carbocycles. The largest absolute Gasteiger partial charge is 0.338 e. The van der Waals surface area contributed by atoms with Crippen molar-refractivity contribution in [2.45, 2.75) is 69.1 Å². The molecule has 0 bridgehead atoms. The summed E-state index contributed by atoms with van der Waals surface area (Å²) in [6.45, 7) is 2.26. The zero-order valence-corrected chi connectivity index (χ0v) is 13.1.